The highest BCUT2D eigenvalue weighted by Crippen LogP contribution is 2.25. The number of rotatable bonds is 2. The Bertz CT molecular complexity index is 370. The van der Waals surface area contributed by atoms with Crippen LogP contribution in [0.25, 0.3) is 0 Å². The van der Waals surface area contributed by atoms with Gasteiger partial charge in [0.15, 0.2) is 0 Å². The van der Waals surface area contributed by atoms with Gasteiger partial charge in [-0.15, -0.1) is 13.2 Å². The standard InChI is InChI=1S/C12H14F3NO2/c13-12(14,15)18-10-3-1-9(2-4-10)11-5-7-17-8-6-16-11/h1-4,11,16H,5-8H2. The Morgan fingerprint density at radius 3 is 2.56 bits per heavy atom. The van der Waals surface area contributed by atoms with Crippen molar-refractivity contribution in [1.82, 2.24) is 5.32 Å². The van der Waals surface area contributed by atoms with Crippen molar-refractivity contribution in [2.45, 2.75) is 18.8 Å². The zero-order chi connectivity index (χ0) is 13.0. The Morgan fingerprint density at radius 1 is 1.17 bits per heavy atom. The highest BCUT2D eigenvalue weighted by atomic mass is 19.4. The predicted octanol–water partition coefficient (Wildman–Crippen LogP) is 2.64. The molecule has 100 valence electrons. The van der Waals surface area contributed by atoms with Gasteiger partial charge in [-0.1, -0.05) is 12.1 Å². The first-order valence-corrected chi connectivity index (χ1v) is 5.71. The van der Waals surface area contributed by atoms with Crippen LogP contribution in [0.2, 0.25) is 0 Å². The lowest BCUT2D eigenvalue weighted by atomic mass is 10.0. The fourth-order valence-corrected chi connectivity index (χ4v) is 1.90. The minimum Gasteiger partial charge on any atom is -0.406 e. The van der Waals surface area contributed by atoms with Crippen LogP contribution in [0.3, 0.4) is 0 Å². The molecule has 1 aliphatic rings. The fourth-order valence-electron chi connectivity index (χ4n) is 1.90. The fraction of sp³-hybridized carbons (Fsp3) is 0.500. The van der Waals surface area contributed by atoms with Gasteiger partial charge in [0, 0.05) is 19.2 Å². The molecule has 1 atom stereocenters. The second-order valence-electron chi connectivity index (χ2n) is 4.02. The second kappa shape index (κ2) is 5.58. The maximum absolute atomic E-state index is 12.0. The van der Waals surface area contributed by atoms with Crippen LogP contribution in [0.4, 0.5) is 13.2 Å². The van der Waals surface area contributed by atoms with Crippen molar-refractivity contribution in [3.63, 3.8) is 0 Å². The van der Waals surface area contributed by atoms with Crippen molar-refractivity contribution in [3.8, 4) is 5.75 Å². The molecule has 1 fully saturated rings. The monoisotopic (exact) mass is 261 g/mol. The van der Waals surface area contributed by atoms with Crippen LogP contribution in [0.1, 0.15) is 18.0 Å². The first-order valence-electron chi connectivity index (χ1n) is 5.71. The van der Waals surface area contributed by atoms with Crippen LogP contribution < -0.4 is 10.1 Å². The summed E-state index contributed by atoms with van der Waals surface area (Å²) in [6, 6.07) is 6.06. The Morgan fingerprint density at radius 2 is 1.89 bits per heavy atom. The maximum Gasteiger partial charge on any atom is 0.573 e. The van der Waals surface area contributed by atoms with E-state index in [1.165, 1.54) is 12.1 Å². The van der Waals surface area contributed by atoms with E-state index in [4.69, 9.17) is 4.74 Å². The number of alkyl halides is 3. The molecule has 0 saturated carbocycles. The normalized spacial score (nSPS) is 21.4. The summed E-state index contributed by atoms with van der Waals surface area (Å²) in [5.41, 5.74) is 0.940. The van der Waals surface area contributed by atoms with E-state index in [1.807, 2.05) is 0 Å². The number of hydrogen-bond donors (Lipinski definition) is 1. The average Bonchev–Trinajstić information content (AvgIpc) is 2.56. The molecule has 1 aromatic rings. The molecule has 0 aliphatic carbocycles. The third-order valence-electron chi connectivity index (χ3n) is 2.70. The van der Waals surface area contributed by atoms with E-state index in [0.717, 1.165) is 18.5 Å². The smallest absolute Gasteiger partial charge is 0.406 e. The third kappa shape index (κ3) is 3.89. The van der Waals surface area contributed by atoms with Crippen LogP contribution in [-0.4, -0.2) is 26.1 Å². The number of ether oxygens (including phenoxy) is 2. The van der Waals surface area contributed by atoms with Gasteiger partial charge in [-0.25, -0.2) is 0 Å². The Balaban J connectivity index is 2.02. The zero-order valence-electron chi connectivity index (χ0n) is 9.67. The van der Waals surface area contributed by atoms with Crippen molar-refractivity contribution in [2.75, 3.05) is 19.8 Å². The Hall–Kier alpha value is -1.27. The van der Waals surface area contributed by atoms with Crippen LogP contribution in [0, 0.1) is 0 Å². The molecular weight excluding hydrogens is 247 g/mol. The van der Waals surface area contributed by atoms with Crippen molar-refractivity contribution in [2.24, 2.45) is 0 Å². The maximum atomic E-state index is 12.0. The van der Waals surface area contributed by atoms with Crippen LogP contribution >= 0.6 is 0 Å². The molecule has 3 nitrogen and oxygen atoms in total. The molecule has 1 saturated heterocycles. The quantitative estimate of drug-likeness (QED) is 0.887. The SMILES string of the molecule is FC(F)(F)Oc1ccc(C2CCOCCN2)cc1. The average molecular weight is 261 g/mol. The molecule has 0 spiro atoms. The van der Waals surface area contributed by atoms with Gasteiger partial charge in [0.25, 0.3) is 0 Å². The minimum absolute atomic E-state index is 0.118. The molecule has 2 rings (SSSR count). The number of hydrogen-bond acceptors (Lipinski definition) is 3. The molecule has 0 aromatic heterocycles. The zero-order valence-corrected chi connectivity index (χ0v) is 9.67. The van der Waals surface area contributed by atoms with E-state index in [-0.39, 0.29) is 11.8 Å². The van der Waals surface area contributed by atoms with E-state index in [9.17, 15) is 13.2 Å². The third-order valence-corrected chi connectivity index (χ3v) is 2.70. The summed E-state index contributed by atoms with van der Waals surface area (Å²) in [6.07, 6.45) is -3.84. The minimum atomic E-state index is -4.64. The van der Waals surface area contributed by atoms with Gasteiger partial charge in [-0.05, 0) is 24.1 Å². The highest BCUT2D eigenvalue weighted by molar-refractivity contribution is 5.29. The van der Waals surface area contributed by atoms with Crippen molar-refractivity contribution < 1.29 is 22.6 Å². The topological polar surface area (TPSA) is 30.5 Å². The summed E-state index contributed by atoms with van der Waals surface area (Å²) in [4.78, 5) is 0. The molecule has 1 aromatic carbocycles. The first-order chi connectivity index (χ1) is 8.54. The van der Waals surface area contributed by atoms with E-state index in [0.29, 0.717) is 13.2 Å². The van der Waals surface area contributed by atoms with Crippen LogP contribution in [0.5, 0.6) is 5.75 Å². The molecule has 6 heteroatoms. The van der Waals surface area contributed by atoms with E-state index < -0.39 is 6.36 Å². The van der Waals surface area contributed by atoms with Gasteiger partial charge in [0.05, 0.1) is 6.61 Å². The number of benzene rings is 1. The van der Waals surface area contributed by atoms with E-state index in [2.05, 4.69) is 10.1 Å². The lowest BCUT2D eigenvalue weighted by Crippen LogP contribution is -2.22. The van der Waals surface area contributed by atoms with Crippen molar-refractivity contribution in [3.05, 3.63) is 29.8 Å². The van der Waals surface area contributed by atoms with Gasteiger partial charge in [0.1, 0.15) is 5.75 Å². The summed E-state index contributed by atoms with van der Waals surface area (Å²) in [5.74, 6) is -0.198. The second-order valence-corrected chi connectivity index (χ2v) is 4.02. The van der Waals surface area contributed by atoms with Crippen LogP contribution in [-0.2, 0) is 4.74 Å². The van der Waals surface area contributed by atoms with Crippen molar-refractivity contribution in [1.29, 1.82) is 0 Å². The molecule has 1 N–H and O–H groups in total. The molecule has 1 unspecified atom stereocenters. The number of halogens is 3. The van der Waals surface area contributed by atoms with E-state index in [1.54, 1.807) is 12.1 Å². The first kappa shape index (κ1) is 13.2. The lowest BCUT2D eigenvalue weighted by molar-refractivity contribution is -0.274. The van der Waals surface area contributed by atoms with Crippen LogP contribution in [0.15, 0.2) is 24.3 Å². The van der Waals surface area contributed by atoms with Gasteiger partial charge in [-0.3, -0.25) is 0 Å². The highest BCUT2D eigenvalue weighted by Gasteiger charge is 2.31. The summed E-state index contributed by atoms with van der Waals surface area (Å²) in [6.45, 7) is 2.05. The summed E-state index contributed by atoms with van der Waals surface area (Å²) in [7, 11) is 0. The molecule has 1 heterocycles. The predicted molar refractivity (Wildman–Crippen MR) is 59.3 cm³/mol. The van der Waals surface area contributed by atoms with Gasteiger partial charge in [-0.2, -0.15) is 0 Å². The Kier molecular flexibility index (Phi) is 4.08. The molecule has 0 radical (unpaired) electrons. The molecule has 0 amide bonds. The van der Waals surface area contributed by atoms with Gasteiger partial charge in [0.2, 0.25) is 0 Å². The largest absolute Gasteiger partial charge is 0.573 e. The summed E-state index contributed by atoms with van der Waals surface area (Å²) in [5, 5.41) is 3.28. The Labute approximate surface area is 103 Å². The van der Waals surface area contributed by atoms with Crippen molar-refractivity contribution >= 4 is 0 Å². The molecular formula is C12H14F3NO2. The molecule has 1 aliphatic heterocycles. The summed E-state index contributed by atoms with van der Waals surface area (Å²) >= 11 is 0. The number of nitrogens with one attached hydrogen (secondary N) is 1. The molecule has 0 bridgehead atoms. The summed E-state index contributed by atoms with van der Waals surface area (Å²) < 4.78 is 45.1. The van der Waals surface area contributed by atoms with E-state index >= 15 is 0 Å². The van der Waals surface area contributed by atoms with Gasteiger partial charge >= 0.3 is 6.36 Å². The lowest BCUT2D eigenvalue weighted by Gasteiger charge is -2.16. The van der Waals surface area contributed by atoms with Gasteiger partial charge < -0.3 is 14.8 Å². The molecule has 18 heavy (non-hydrogen) atoms.